The van der Waals surface area contributed by atoms with Crippen molar-refractivity contribution in [3.05, 3.63) is 18.0 Å². The first-order chi connectivity index (χ1) is 10.1. The van der Waals surface area contributed by atoms with Crippen LogP contribution >= 0.6 is 0 Å². The normalized spacial score (nSPS) is 18.9. The molecule has 0 aliphatic heterocycles. The molecule has 0 saturated heterocycles. The van der Waals surface area contributed by atoms with Crippen LogP contribution in [0.1, 0.15) is 37.4 Å². The smallest absolute Gasteiger partial charge is 0.245 e. The Labute approximate surface area is 125 Å². The van der Waals surface area contributed by atoms with Gasteiger partial charge in [-0.2, -0.15) is 4.31 Å². The number of aliphatic hydroxyl groups excluding tert-OH is 1. The summed E-state index contributed by atoms with van der Waals surface area (Å²) >= 11 is 0. The zero-order chi connectivity index (χ0) is 15.0. The van der Waals surface area contributed by atoms with Gasteiger partial charge in [0.1, 0.15) is 4.90 Å². The SMILES string of the molecule is C#CCN(CC1CC1)S(=O)(=O)c1cc(CO)n(C2CC2)c1. The topological polar surface area (TPSA) is 62.5 Å². The molecule has 1 heterocycles. The van der Waals surface area contributed by atoms with Crippen molar-refractivity contribution in [2.75, 3.05) is 13.1 Å². The number of hydrogen-bond acceptors (Lipinski definition) is 3. The third kappa shape index (κ3) is 3.00. The van der Waals surface area contributed by atoms with Crippen molar-refractivity contribution in [1.29, 1.82) is 0 Å². The second-order valence-electron chi connectivity index (χ2n) is 5.91. The van der Waals surface area contributed by atoms with Crippen LogP contribution in [0.5, 0.6) is 0 Å². The van der Waals surface area contributed by atoms with Crippen LogP contribution < -0.4 is 0 Å². The van der Waals surface area contributed by atoms with Gasteiger partial charge < -0.3 is 9.67 Å². The van der Waals surface area contributed by atoms with Crippen LogP contribution in [0.25, 0.3) is 0 Å². The van der Waals surface area contributed by atoms with Crippen molar-refractivity contribution in [1.82, 2.24) is 8.87 Å². The monoisotopic (exact) mass is 308 g/mol. The molecular weight excluding hydrogens is 288 g/mol. The highest BCUT2D eigenvalue weighted by Crippen LogP contribution is 2.38. The Morgan fingerprint density at radius 3 is 2.62 bits per heavy atom. The lowest BCUT2D eigenvalue weighted by molar-refractivity contribution is 0.270. The molecule has 2 saturated carbocycles. The molecule has 0 bridgehead atoms. The third-order valence-electron chi connectivity index (χ3n) is 4.07. The highest BCUT2D eigenvalue weighted by Gasteiger charge is 2.33. The first-order valence-corrected chi connectivity index (χ1v) is 8.75. The van der Waals surface area contributed by atoms with Gasteiger partial charge >= 0.3 is 0 Å². The van der Waals surface area contributed by atoms with Crippen LogP contribution in [0.3, 0.4) is 0 Å². The molecule has 5 nitrogen and oxygen atoms in total. The van der Waals surface area contributed by atoms with Gasteiger partial charge in [0.05, 0.1) is 13.2 Å². The molecule has 3 rings (SSSR count). The summed E-state index contributed by atoms with van der Waals surface area (Å²) in [5, 5.41) is 9.41. The molecule has 0 aromatic carbocycles. The van der Waals surface area contributed by atoms with Gasteiger partial charge in [0.2, 0.25) is 10.0 Å². The molecule has 2 aliphatic carbocycles. The van der Waals surface area contributed by atoms with Gasteiger partial charge in [0, 0.05) is 24.5 Å². The van der Waals surface area contributed by atoms with Crippen LogP contribution in [-0.2, 0) is 16.6 Å². The molecule has 1 aromatic heterocycles. The van der Waals surface area contributed by atoms with Crippen LogP contribution in [0.4, 0.5) is 0 Å². The highest BCUT2D eigenvalue weighted by atomic mass is 32.2. The molecule has 21 heavy (non-hydrogen) atoms. The highest BCUT2D eigenvalue weighted by molar-refractivity contribution is 7.89. The van der Waals surface area contributed by atoms with E-state index in [-0.39, 0.29) is 18.0 Å². The lowest BCUT2D eigenvalue weighted by Gasteiger charge is -2.18. The van der Waals surface area contributed by atoms with E-state index in [2.05, 4.69) is 5.92 Å². The minimum absolute atomic E-state index is 0.0991. The predicted octanol–water partition coefficient (Wildman–Crippen LogP) is 1.35. The Morgan fingerprint density at radius 1 is 1.38 bits per heavy atom. The van der Waals surface area contributed by atoms with Gasteiger partial charge in [0.15, 0.2) is 0 Å². The van der Waals surface area contributed by atoms with E-state index in [1.807, 2.05) is 4.57 Å². The van der Waals surface area contributed by atoms with Gasteiger partial charge in [-0.1, -0.05) is 5.92 Å². The minimum atomic E-state index is -3.58. The maximum Gasteiger partial charge on any atom is 0.245 e. The number of hydrogen-bond donors (Lipinski definition) is 1. The fraction of sp³-hybridized carbons (Fsp3) is 0.600. The first kappa shape index (κ1) is 14.6. The molecule has 0 amide bonds. The quantitative estimate of drug-likeness (QED) is 0.773. The molecule has 2 aliphatic rings. The van der Waals surface area contributed by atoms with Crippen LogP contribution in [-0.4, -0.2) is 35.5 Å². The number of nitrogens with zero attached hydrogens (tertiary/aromatic N) is 2. The Kier molecular flexibility index (Phi) is 3.82. The van der Waals surface area contributed by atoms with E-state index in [1.54, 1.807) is 12.3 Å². The number of aliphatic hydroxyl groups is 1. The van der Waals surface area contributed by atoms with Crippen molar-refractivity contribution < 1.29 is 13.5 Å². The van der Waals surface area contributed by atoms with Gasteiger partial charge in [0.25, 0.3) is 0 Å². The Bertz CT molecular complexity index is 664. The average Bonchev–Trinajstić information content (AvgIpc) is 3.37. The summed E-state index contributed by atoms with van der Waals surface area (Å²) in [6.07, 6.45) is 11.2. The second kappa shape index (κ2) is 5.48. The van der Waals surface area contributed by atoms with Crippen LogP contribution in [0.15, 0.2) is 17.2 Å². The summed E-state index contributed by atoms with van der Waals surface area (Å²) in [5.74, 6) is 2.88. The number of rotatable bonds is 7. The molecule has 0 atom stereocenters. The zero-order valence-corrected chi connectivity index (χ0v) is 12.7. The van der Waals surface area contributed by atoms with Gasteiger partial charge in [-0.15, -0.1) is 6.42 Å². The molecule has 1 aromatic rings. The van der Waals surface area contributed by atoms with E-state index in [0.717, 1.165) is 25.7 Å². The van der Waals surface area contributed by atoms with Crippen LogP contribution in [0, 0.1) is 18.3 Å². The molecule has 0 radical (unpaired) electrons. The number of terminal acetylenes is 1. The zero-order valence-electron chi connectivity index (χ0n) is 11.9. The Morgan fingerprint density at radius 2 is 2.10 bits per heavy atom. The molecule has 1 N–H and O–H groups in total. The second-order valence-corrected chi connectivity index (χ2v) is 7.85. The summed E-state index contributed by atoms with van der Waals surface area (Å²) in [7, 11) is -3.58. The summed E-state index contributed by atoms with van der Waals surface area (Å²) in [6.45, 7) is 0.446. The van der Waals surface area contributed by atoms with E-state index in [4.69, 9.17) is 6.42 Å². The summed E-state index contributed by atoms with van der Waals surface area (Å²) in [6, 6.07) is 1.91. The summed E-state index contributed by atoms with van der Waals surface area (Å²) < 4.78 is 28.8. The fourth-order valence-electron chi connectivity index (χ4n) is 2.54. The van der Waals surface area contributed by atoms with E-state index < -0.39 is 10.0 Å². The van der Waals surface area contributed by atoms with Crippen molar-refractivity contribution >= 4 is 10.0 Å². The van der Waals surface area contributed by atoms with Gasteiger partial charge in [-0.05, 0) is 37.7 Å². The summed E-state index contributed by atoms with van der Waals surface area (Å²) in [4.78, 5) is 0.245. The van der Waals surface area contributed by atoms with E-state index >= 15 is 0 Å². The standard InChI is InChI=1S/C15H20N2O3S/c1-2-7-16(9-12-3-4-12)21(19,20)15-8-14(11-18)17(10-15)13-5-6-13/h1,8,10,12-13,18H,3-7,9,11H2. The molecule has 114 valence electrons. The molecule has 0 spiro atoms. The number of aromatic nitrogens is 1. The first-order valence-electron chi connectivity index (χ1n) is 7.31. The van der Waals surface area contributed by atoms with Crippen molar-refractivity contribution in [2.24, 2.45) is 5.92 Å². The molecule has 2 fully saturated rings. The van der Waals surface area contributed by atoms with E-state index in [9.17, 15) is 13.5 Å². The van der Waals surface area contributed by atoms with Crippen molar-refractivity contribution in [3.8, 4) is 12.3 Å². The van der Waals surface area contributed by atoms with Crippen molar-refractivity contribution in [2.45, 2.75) is 43.2 Å². The Hall–Kier alpha value is -1.29. The number of sulfonamides is 1. The molecular formula is C15H20N2O3S. The molecule has 0 unspecified atom stereocenters. The third-order valence-corrected chi connectivity index (χ3v) is 5.85. The van der Waals surface area contributed by atoms with Gasteiger partial charge in [-0.3, -0.25) is 0 Å². The maximum absolute atomic E-state index is 12.7. The van der Waals surface area contributed by atoms with Crippen LogP contribution in [0.2, 0.25) is 0 Å². The maximum atomic E-state index is 12.7. The predicted molar refractivity (Wildman–Crippen MR) is 78.9 cm³/mol. The average molecular weight is 308 g/mol. The lowest BCUT2D eigenvalue weighted by atomic mass is 10.4. The lowest BCUT2D eigenvalue weighted by Crippen LogP contribution is -2.33. The van der Waals surface area contributed by atoms with E-state index in [0.29, 0.717) is 24.2 Å². The van der Waals surface area contributed by atoms with E-state index in [1.165, 1.54) is 4.31 Å². The summed E-state index contributed by atoms with van der Waals surface area (Å²) in [5.41, 5.74) is 0.656. The fourth-order valence-corrected chi connectivity index (χ4v) is 4.03. The largest absolute Gasteiger partial charge is 0.390 e. The van der Waals surface area contributed by atoms with Crippen molar-refractivity contribution in [3.63, 3.8) is 0 Å². The Balaban J connectivity index is 1.90. The van der Waals surface area contributed by atoms with Gasteiger partial charge in [-0.25, -0.2) is 8.42 Å². The minimum Gasteiger partial charge on any atom is -0.390 e. The molecule has 6 heteroatoms.